The highest BCUT2D eigenvalue weighted by molar-refractivity contribution is 5.26. The zero-order valence-corrected chi connectivity index (χ0v) is 14.6. The van der Waals surface area contributed by atoms with E-state index in [0.717, 1.165) is 36.5 Å². The van der Waals surface area contributed by atoms with E-state index in [9.17, 15) is 5.11 Å². The van der Waals surface area contributed by atoms with Gasteiger partial charge in [-0.05, 0) is 94.3 Å². The molecule has 0 aromatic heterocycles. The normalized spacial score (nSPS) is 52.7. The largest absolute Gasteiger partial charge is 0.390 e. The molecule has 122 valence electrons. The third-order valence-corrected chi connectivity index (χ3v) is 7.91. The van der Waals surface area contributed by atoms with Crippen LogP contribution in [0.3, 0.4) is 0 Å². The zero-order chi connectivity index (χ0) is 15.5. The van der Waals surface area contributed by atoms with E-state index >= 15 is 0 Å². The molecule has 0 aliphatic heterocycles. The van der Waals surface area contributed by atoms with Gasteiger partial charge in [-0.1, -0.05) is 30.2 Å². The first-order valence-corrected chi connectivity index (χ1v) is 9.51. The Morgan fingerprint density at radius 1 is 1.14 bits per heavy atom. The van der Waals surface area contributed by atoms with Gasteiger partial charge in [0.2, 0.25) is 0 Å². The first kappa shape index (κ1) is 15.0. The first-order chi connectivity index (χ1) is 10.4. The Balaban J connectivity index is 1.63. The zero-order valence-electron chi connectivity index (χ0n) is 14.6. The molecule has 5 unspecified atom stereocenters. The SMILES string of the molecule is C/C=C1/CCC2C3CC=C4C[C@@](C)(O)CCC4C3CCC12C. The quantitative estimate of drug-likeness (QED) is 0.605. The maximum absolute atomic E-state index is 10.4. The Labute approximate surface area is 135 Å². The summed E-state index contributed by atoms with van der Waals surface area (Å²) in [4.78, 5) is 0. The molecule has 4 rings (SSSR count). The highest BCUT2D eigenvalue weighted by atomic mass is 16.3. The van der Waals surface area contributed by atoms with Crippen molar-refractivity contribution in [2.24, 2.45) is 29.1 Å². The van der Waals surface area contributed by atoms with Crippen LogP contribution in [0, 0.1) is 29.1 Å². The molecule has 0 saturated heterocycles. The van der Waals surface area contributed by atoms with Crippen molar-refractivity contribution in [3.63, 3.8) is 0 Å². The van der Waals surface area contributed by atoms with Crippen molar-refractivity contribution in [3.8, 4) is 0 Å². The maximum atomic E-state index is 10.4. The van der Waals surface area contributed by atoms with Crippen LogP contribution in [0.1, 0.15) is 72.1 Å². The van der Waals surface area contributed by atoms with Gasteiger partial charge in [0.25, 0.3) is 0 Å². The van der Waals surface area contributed by atoms with Gasteiger partial charge in [0.15, 0.2) is 0 Å². The predicted octanol–water partition coefficient (Wildman–Crippen LogP) is 5.26. The number of fused-ring (bicyclic) bond motifs is 5. The third-order valence-electron chi connectivity index (χ3n) is 7.91. The van der Waals surface area contributed by atoms with Gasteiger partial charge in [0, 0.05) is 0 Å². The van der Waals surface area contributed by atoms with Crippen LogP contribution in [-0.4, -0.2) is 10.7 Å². The standard InChI is InChI=1S/C21H32O/c1-4-15-6-8-19-18-7-5-14-13-20(2,22)11-9-16(14)17(18)10-12-21(15,19)3/h4-5,16-19,22H,6-13H2,1-3H3/b15-4-/t16?,17?,18?,19?,20-,21?/m0/s1. The molecule has 0 bridgehead atoms. The summed E-state index contributed by atoms with van der Waals surface area (Å²) >= 11 is 0. The lowest BCUT2D eigenvalue weighted by Gasteiger charge is -2.53. The molecule has 0 spiro atoms. The van der Waals surface area contributed by atoms with Crippen LogP contribution in [0.4, 0.5) is 0 Å². The second kappa shape index (κ2) is 4.97. The number of hydrogen-bond acceptors (Lipinski definition) is 1. The lowest BCUT2D eigenvalue weighted by Crippen LogP contribution is -2.46. The van der Waals surface area contributed by atoms with E-state index in [2.05, 4.69) is 26.0 Å². The molecule has 0 aromatic carbocycles. The second-order valence-corrected chi connectivity index (χ2v) is 9.08. The highest BCUT2D eigenvalue weighted by Gasteiger charge is 2.54. The molecule has 3 fully saturated rings. The third kappa shape index (κ3) is 2.08. The van der Waals surface area contributed by atoms with Gasteiger partial charge >= 0.3 is 0 Å². The first-order valence-electron chi connectivity index (χ1n) is 9.51. The van der Waals surface area contributed by atoms with Gasteiger partial charge in [-0.3, -0.25) is 0 Å². The summed E-state index contributed by atoms with van der Waals surface area (Å²) in [5, 5.41) is 10.4. The number of hydrogen-bond donors (Lipinski definition) is 1. The fraction of sp³-hybridized carbons (Fsp3) is 0.810. The molecule has 1 N–H and O–H groups in total. The van der Waals surface area contributed by atoms with Crippen LogP contribution in [0.2, 0.25) is 0 Å². The molecule has 22 heavy (non-hydrogen) atoms. The minimum absolute atomic E-state index is 0.441. The molecule has 3 saturated carbocycles. The fourth-order valence-electron chi connectivity index (χ4n) is 6.79. The number of allylic oxidation sites excluding steroid dienone is 3. The van der Waals surface area contributed by atoms with E-state index < -0.39 is 5.60 Å². The van der Waals surface area contributed by atoms with Gasteiger partial charge in [-0.25, -0.2) is 0 Å². The Bertz CT molecular complexity index is 526. The highest BCUT2D eigenvalue weighted by Crippen LogP contribution is 2.63. The van der Waals surface area contributed by atoms with Gasteiger partial charge in [0.1, 0.15) is 0 Å². The summed E-state index contributed by atoms with van der Waals surface area (Å²) in [5.74, 6) is 3.52. The van der Waals surface area contributed by atoms with Crippen molar-refractivity contribution in [1.82, 2.24) is 0 Å². The summed E-state index contributed by atoms with van der Waals surface area (Å²) in [7, 11) is 0. The minimum Gasteiger partial charge on any atom is -0.390 e. The van der Waals surface area contributed by atoms with Gasteiger partial charge < -0.3 is 5.11 Å². The summed E-state index contributed by atoms with van der Waals surface area (Å²) in [6.45, 7) is 6.83. The summed E-state index contributed by atoms with van der Waals surface area (Å²) in [5.41, 5.74) is 3.41. The molecular weight excluding hydrogens is 268 g/mol. The van der Waals surface area contributed by atoms with Crippen molar-refractivity contribution >= 4 is 0 Å². The van der Waals surface area contributed by atoms with Crippen molar-refractivity contribution < 1.29 is 5.11 Å². The average molecular weight is 300 g/mol. The summed E-state index contributed by atoms with van der Waals surface area (Å²) < 4.78 is 0. The summed E-state index contributed by atoms with van der Waals surface area (Å²) in [6.07, 6.45) is 15.0. The molecule has 6 atom stereocenters. The Kier molecular flexibility index (Phi) is 3.39. The minimum atomic E-state index is -0.441. The topological polar surface area (TPSA) is 20.2 Å². The average Bonchev–Trinajstić information content (AvgIpc) is 2.82. The van der Waals surface area contributed by atoms with Gasteiger partial charge in [-0.2, -0.15) is 0 Å². The van der Waals surface area contributed by atoms with Crippen LogP contribution in [0.5, 0.6) is 0 Å². The predicted molar refractivity (Wildman–Crippen MR) is 91.5 cm³/mol. The van der Waals surface area contributed by atoms with E-state index in [1.54, 1.807) is 11.1 Å². The molecule has 4 aliphatic carbocycles. The Morgan fingerprint density at radius 2 is 1.95 bits per heavy atom. The van der Waals surface area contributed by atoms with E-state index in [4.69, 9.17) is 0 Å². The fourth-order valence-corrected chi connectivity index (χ4v) is 6.79. The monoisotopic (exact) mass is 300 g/mol. The van der Waals surface area contributed by atoms with Crippen LogP contribution in [-0.2, 0) is 0 Å². The van der Waals surface area contributed by atoms with Gasteiger partial charge in [-0.15, -0.1) is 0 Å². The number of aliphatic hydroxyl groups is 1. The van der Waals surface area contributed by atoms with Crippen molar-refractivity contribution in [3.05, 3.63) is 23.3 Å². The van der Waals surface area contributed by atoms with Crippen molar-refractivity contribution in [1.29, 1.82) is 0 Å². The maximum Gasteiger partial charge on any atom is 0.0657 e. The van der Waals surface area contributed by atoms with E-state index in [-0.39, 0.29) is 0 Å². The van der Waals surface area contributed by atoms with Crippen molar-refractivity contribution in [2.75, 3.05) is 0 Å². The molecule has 0 amide bonds. The van der Waals surface area contributed by atoms with Crippen LogP contribution in [0.15, 0.2) is 23.3 Å². The molecule has 1 nitrogen and oxygen atoms in total. The second-order valence-electron chi connectivity index (χ2n) is 9.08. The molecule has 0 heterocycles. The lowest BCUT2D eigenvalue weighted by molar-refractivity contribution is -0.0142. The summed E-state index contributed by atoms with van der Waals surface area (Å²) in [6, 6.07) is 0. The van der Waals surface area contributed by atoms with Crippen LogP contribution < -0.4 is 0 Å². The van der Waals surface area contributed by atoms with Crippen molar-refractivity contribution in [2.45, 2.75) is 77.7 Å². The molecule has 0 aromatic rings. The smallest absolute Gasteiger partial charge is 0.0657 e. The van der Waals surface area contributed by atoms with Crippen LogP contribution in [0.25, 0.3) is 0 Å². The number of rotatable bonds is 0. The van der Waals surface area contributed by atoms with Crippen LogP contribution >= 0.6 is 0 Å². The van der Waals surface area contributed by atoms with Gasteiger partial charge in [0.05, 0.1) is 5.60 Å². The molecular formula is C21H32O. The van der Waals surface area contributed by atoms with E-state index in [1.807, 2.05) is 6.92 Å². The molecule has 1 heteroatoms. The molecule has 0 radical (unpaired) electrons. The van der Waals surface area contributed by atoms with E-state index in [1.165, 1.54) is 38.5 Å². The molecule has 4 aliphatic rings. The Morgan fingerprint density at radius 3 is 2.73 bits per heavy atom. The lowest BCUT2D eigenvalue weighted by atomic mass is 9.52. The Hall–Kier alpha value is -0.560. The van der Waals surface area contributed by atoms with E-state index in [0.29, 0.717) is 5.41 Å².